The average Bonchev–Trinajstić information content (AvgIpc) is 2.30. The van der Waals surface area contributed by atoms with Gasteiger partial charge in [0.25, 0.3) is 0 Å². The van der Waals surface area contributed by atoms with Crippen molar-refractivity contribution < 1.29 is 4.39 Å². The van der Waals surface area contributed by atoms with Gasteiger partial charge in [-0.2, -0.15) is 0 Å². The number of benzene rings is 1. The average molecular weight is 256 g/mol. The molecule has 0 bridgehead atoms. The van der Waals surface area contributed by atoms with Crippen molar-refractivity contribution in [3.05, 3.63) is 34.6 Å². The lowest BCUT2D eigenvalue weighted by Crippen LogP contribution is -2.36. The molecular formula is C14H19ClFN. The summed E-state index contributed by atoms with van der Waals surface area (Å²) in [6.45, 7) is 3.03. The van der Waals surface area contributed by atoms with Gasteiger partial charge < -0.3 is 5.32 Å². The highest BCUT2D eigenvalue weighted by atomic mass is 35.5. The van der Waals surface area contributed by atoms with Crippen molar-refractivity contribution in [2.75, 3.05) is 0 Å². The normalized spacial score (nSPS) is 24.9. The minimum absolute atomic E-state index is 0.273. The molecule has 0 saturated heterocycles. The van der Waals surface area contributed by atoms with E-state index in [1.165, 1.54) is 37.8 Å². The molecule has 0 spiro atoms. The fourth-order valence-corrected chi connectivity index (χ4v) is 2.76. The molecule has 1 aliphatic rings. The highest BCUT2D eigenvalue weighted by Gasteiger charge is 2.20. The molecule has 0 aliphatic heterocycles. The predicted molar refractivity (Wildman–Crippen MR) is 69.7 cm³/mol. The summed E-state index contributed by atoms with van der Waals surface area (Å²) < 4.78 is 12.9. The van der Waals surface area contributed by atoms with Crippen molar-refractivity contribution in [2.45, 2.75) is 45.2 Å². The van der Waals surface area contributed by atoms with Crippen LogP contribution < -0.4 is 5.32 Å². The van der Waals surface area contributed by atoms with Crippen LogP contribution in [0, 0.1) is 11.7 Å². The van der Waals surface area contributed by atoms with Gasteiger partial charge in [0, 0.05) is 17.6 Å². The van der Waals surface area contributed by atoms with Crippen LogP contribution in [0.1, 0.15) is 38.2 Å². The van der Waals surface area contributed by atoms with Gasteiger partial charge in [0.05, 0.1) is 0 Å². The zero-order chi connectivity index (χ0) is 12.3. The molecule has 0 radical (unpaired) electrons. The Kier molecular flexibility index (Phi) is 4.41. The monoisotopic (exact) mass is 255 g/mol. The highest BCUT2D eigenvalue weighted by molar-refractivity contribution is 6.31. The van der Waals surface area contributed by atoms with E-state index in [0.717, 1.165) is 18.0 Å². The molecule has 1 N–H and O–H groups in total. The van der Waals surface area contributed by atoms with Crippen LogP contribution >= 0.6 is 11.6 Å². The van der Waals surface area contributed by atoms with Gasteiger partial charge >= 0.3 is 0 Å². The molecule has 0 heterocycles. The van der Waals surface area contributed by atoms with Crippen LogP contribution in [-0.4, -0.2) is 6.04 Å². The standard InChI is InChI=1S/C14H19ClFN/c1-10-4-2-3-5-14(10)17-9-11-6-7-12(16)8-13(11)15/h6-8,10,14,17H,2-5,9H2,1H3. The fraction of sp³-hybridized carbons (Fsp3) is 0.571. The van der Waals surface area contributed by atoms with Gasteiger partial charge in [0.15, 0.2) is 0 Å². The highest BCUT2D eigenvalue weighted by Crippen LogP contribution is 2.24. The number of nitrogens with one attached hydrogen (secondary N) is 1. The third kappa shape index (κ3) is 3.43. The molecule has 2 rings (SSSR count). The molecule has 0 amide bonds. The lowest BCUT2D eigenvalue weighted by atomic mass is 9.86. The smallest absolute Gasteiger partial charge is 0.124 e. The Hall–Kier alpha value is -0.600. The Morgan fingerprint density at radius 3 is 2.82 bits per heavy atom. The summed E-state index contributed by atoms with van der Waals surface area (Å²) >= 11 is 6.00. The predicted octanol–water partition coefficient (Wildman–Crippen LogP) is 4.15. The van der Waals surface area contributed by atoms with Gasteiger partial charge in [0.1, 0.15) is 5.82 Å². The van der Waals surface area contributed by atoms with Crippen molar-refractivity contribution in [3.8, 4) is 0 Å². The lowest BCUT2D eigenvalue weighted by Gasteiger charge is -2.29. The van der Waals surface area contributed by atoms with E-state index in [4.69, 9.17) is 11.6 Å². The molecule has 2 atom stereocenters. The molecule has 2 unspecified atom stereocenters. The SMILES string of the molecule is CC1CCCCC1NCc1ccc(F)cc1Cl. The first-order chi connectivity index (χ1) is 8.16. The summed E-state index contributed by atoms with van der Waals surface area (Å²) in [5.74, 6) is 0.452. The fourth-order valence-electron chi connectivity index (χ4n) is 2.53. The number of hydrogen-bond acceptors (Lipinski definition) is 1. The van der Waals surface area contributed by atoms with Crippen molar-refractivity contribution in [1.29, 1.82) is 0 Å². The Bertz CT molecular complexity index is 380. The summed E-state index contributed by atoms with van der Waals surface area (Å²) in [6.07, 6.45) is 5.19. The molecule has 1 nitrogen and oxygen atoms in total. The van der Waals surface area contributed by atoms with Crippen molar-refractivity contribution in [3.63, 3.8) is 0 Å². The largest absolute Gasteiger partial charge is 0.310 e. The summed E-state index contributed by atoms with van der Waals surface area (Å²) in [7, 11) is 0. The van der Waals surface area contributed by atoms with Crippen LogP contribution in [0.5, 0.6) is 0 Å². The zero-order valence-electron chi connectivity index (χ0n) is 10.2. The van der Waals surface area contributed by atoms with E-state index in [1.807, 2.05) is 0 Å². The van der Waals surface area contributed by atoms with Crippen LogP contribution in [0.4, 0.5) is 4.39 Å². The Morgan fingerprint density at radius 1 is 1.35 bits per heavy atom. The molecule has 17 heavy (non-hydrogen) atoms. The van der Waals surface area contributed by atoms with Gasteiger partial charge in [-0.15, -0.1) is 0 Å². The van der Waals surface area contributed by atoms with E-state index in [0.29, 0.717) is 11.1 Å². The summed E-state index contributed by atoms with van der Waals surface area (Å²) in [5.41, 5.74) is 0.978. The third-order valence-electron chi connectivity index (χ3n) is 3.68. The summed E-state index contributed by atoms with van der Waals surface area (Å²) in [4.78, 5) is 0. The zero-order valence-corrected chi connectivity index (χ0v) is 10.9. The van der Waals surface area contributed by atoms with Crippen LogP contribution in [0.3, 0.4) is 0 Å². The quantitative estimate of drug-likeness (QED) is 0.856. The van der Waals surface area contributed by atoms with Gasteiger partial charge in [-0.05, 0) is 36.5 Å². The minimum Gasteiger partial charge on any atom is -0.310 e. The van der Waals surface area contributed by atoms with Crippen molar-refractivity contribution in [1.82, 2.24) is 5.32 Å². The molecule has 94 valence electrons. The molecule has 1 aromatic rings. The first kappa shape index (κ1) is 12.8. The van der Waals surface area contributed by atoms with Crippen LogP contribution in [-0.2, 0) is 6.54 Å². The number of halogens is 2. The second-order valence-corrected chi connectivity index (χ2v) is 5.39. The van der Waals surface area contributed by atoms with Crippen LogP contribution in [0.2, 0.25) is 5.02 Å². The molecule has 1 fully saturated rings. The van der Waals surface area contributed by atoms with Gasteiger partial charge in [0.2, 0.25) is 0 Å². The van der Waals surface area contributed by atoms with Gasteiger partial charge in [-0.25, -0.2) is 4.39 Å². The Labute approximate surface area is 107 Å². The van der Waals surface area contributed by atoms with E-state index in [2.05, 4.69) is 12.2 Å². The van der Waals surface area contributed by atoms with E-state index >= 15 is 0 Å². The van der Waals surface area contributed by atoms with Crippen LogP contribution in [0.25, 0.3) is 0 Å². The summed E-state index contributed by atoms with van der Waals surface area (Å²) in [6, 6.07) is 5.18. The maximum absolute atomic E-state index is 12.9. The number of hydrogen-bond donors (Lipinski definition) is 1. The topological polar surface area (TPSA) is 12.0 Å². The van der Waals surface area contributed by atoms with E-state index in [1.54, 1.807) is 6.07 Å². The lowest BCUT2D eigenvalue weighted by molar-refractivity contribution is 0.279. The summed E-state index contributed by atoms with van der Waals surface area (Å²) in [5, 5.41) is 4.06. The maximum Gasteiger partial charge on any atom is 0.124 e. The Morgan fingerprint density at radius 2 is 2.12 bits per heavy atom. The first-order valence-electron chi connectivity index (χ1n) is 6.34. The van der Waals surface area contributed by atoms with Crippen molar-refractivity contribution >= 4 is 11.6 Å². The first-order valence-corrected chi connectivity index (χ1v) is 6.72. The van der Waals surface area contributed by atoms with Gasteiger partial charge in [-0.1, -0.05) is 37.4 Å². The Balaban J connectivity index is 1.92. The maximum atomic E-state index is 12.9. The van der Waals surface area contributed by atoms with Gasteiger partial charge in [-0.3, -0.25) is 0 Å². The molecule has 0 aromatic heterocycles. The molecule has 1 aliphatic carbocycles. The van der Waals surface area contributed by atoms with E-state index in [-0.39, 0.29) is 5.82 Å². The molecular weight excluding hydrogens is 237 g/mol. The van der Waals surface area contributed by atoms with E-state index < -0.39 is 0 Å². The number of rotatable bonds is 3. The van der Waals surface area contributed by atoms with Crippen LogP contribution in [0.15, 0.2) is 18.2 Å². The van der Waals surface area contributed by atoms with Crippen molar-refractivity contribution in [2.24, 2.45) is 5.92 Å². The molecule has 3 heteroatoms. The molecule has 1 aromatic carbocycles. The second-order valence-electron chi connectivity index (χ2n) is 4.98. The third-order valence-corrected chi connectivity index (χ3v) is 4.03. The minimum atomic E-state index is -0.273. The van der Waals surface area contributed by atoms with E-state index in [9.17, 15) is 4.39 Å². The molecule has 1 saturated carbocycles. The second kappa shape index (κ2) is 5.83.